The maximum Gasteiger partial charge on any atom is 0.326 e. The van der Waals surface area contributed by atoms with Crippen molar-refractivity contribution < 1.29 is 24.6 Å². The van der Waals surface area contributed by atoms with Gasteiger partial charge in [0.2, 0.25) is 11.8 Å². The summed E-state index contributed by atoms with van der Waals surface area (Å²) in [6.07, 6.45) is 0.490. The molecule has 4 atom stereocenters. The van der Waals surface area contributed by atoms with E-state index in [9.17, 15) is 24.6 Å². The molecule has 1 aromatic rings. The zero-order valence-electron chi connectivity index (χ0n) is 16.0. The number of carboxylic acid groups (broad SMARTS) is 1. The Kier molecular flexibility index (Phi) is 10.1. The molecular formula is C19H30N4O5. The van der Waals surface area contributed by atoms with Crippen LogP contribution < -0.4 is 22.1 Å². The molecule has 0 saturated carbocycles. The number of carboxylic acids is 1. The summed E-state index contributed by atoms with van der Waals surface area (Å²) in [4.78, 5) is 36.4. The maximum absolute atomic E-state index is 12.7. The van der Waals surface area contributed by atoms with Crippen molar-refractivity contribution >= 4 is 17.8 Å². The van der Waals surface area contributed by atoms with Gasteiger partial charge in [-0.1, -0.05) is 30.3 Å². The van der Waals surface area contributed by atoms with Gasteiger partial charge in [-0.3, -0.25) is 9.59 Å². The minimum absolute atomic E-state index is 0.153. The molecule has 8 N–H and O–H groups in total. The Morgan fingerprint density at radius 2 is 1.64 bits per heavy atom. The summed E-state index contributed by atoms with van der Waals surface area (Å²) in [6.45, 7) is 1.80. The molecule has 0 bridgehead atoms. The van der Waals surface area contributed by atoms with Gasteiger partial charge in [0.05, 0.1) is 6.10 Å². The highest BCUT2D eigenvalue weighted by molar-refractivity contribution is 5.92. The van der Waals surface area contributed by atoms with Crippen LogP contribution in [0, 0.1) is 0 Å². The summed E-state index contributed by atoms with van der Waals surface area (Å²) >= 11 is 0. The number of carbonyl (C=O) groups is 3. The van der Waals surface area contributed by atoms with Crippen molar-refractivity contribution in [2.75, 3.05) is 6.54 Å². The van der Waals surface area contributed by atoms with Gasteiger partial charge in [0.1, 0.15) is 18.1 Å². The van der Waals surface area contributed by atoms with E-state index in [2.05, 4.69) is 10.6 Å². The van der Waals surface area contributed by atoms with E-state index in [-0.39, 0.29) is 12.8 Å². The first-order chi connectivity index (χ1) is 13.3. The second-order valence-electron chi connectivity index (χ2n) is 6.70. The molecule has 9 heteroatoms. The molecule has 0 spiro atoms. The first kappa shape index (κ1) is 23.5. The number of nitrogens with one attached hydrogen (secondary N) is 2. The highest BCUT2D eigenvalue weighted by Crippen LogP contribution is 2.07. The van der Waals surface area contributed by atoms with Crippen LogP contribution in [0.5, 0.6) is 0 Å². The summed E-state index contributed by atoms with van der Waals surface area (Å²) in [6, 6.07) is 5.66. The van der Waals surface area contributed by atoms with E-state index in [4.69, 9.17) is 11.5 Å². The maximum atomic E-state index is 12.7. The topological polar surface area (TPSA) is 168 Å². The Morgan fingerprint density at radius 3 is 2.18 bits per heavy atom. The van der Waals surface area contributed by atoms with E-state index in [1.165, 1.54) is 6.92 Å². The molecule has 0 saturated heterocycles. The third-order valence-corrected chi connectivity index (χ3v) is 4.30. The first-order valence-corrected chi connectivity index (χ1v) is 9.27. The molecule has 9 nitrogen and oxygen atoms in total. The zero-order chi connectivity index (χ0) is 21.1. The van der Waals surface area contributed by atoms with Crippen molar-refractivity contribution in [2.45, 2.75) is 56.8 Å². The Labute approximate surface area is 164 Å². The van der Waals surface area contributed by atoms with Crippen LogP contribution in [-0.4, -0.2) is 58.8 Å². The monoisotopic (exact) mass is 394 g/mol. The van der Waals surface area contributed by atoms with E-state index in [0.717, 1.165) is 5.56 Å². The van der Waals surface area contributed by atoms with Crippen molar-refractivity contribution in [1.82, 2.24) is 10.6 Å². The summed E-state index contributed by atoms with van der Waals surface area (Å²) in [5, 5.41) is 23.8. The van der Waals surface area contributed by atoms with Gasteiger partial charge in [-0.05, 0) is 38.3 Å². The molecule has 1 rings (SSSR count). The Bertz CT molecular complexity index is 638. The molecule has 0 fully saturated rings. The SMILES string of the molecule is C[C@@H](O)[C@H](N)C(=O)N[C@@H](Cc1ccccc1)C(=O)N[C@@H](CCCCN)C(=O)O. The van der Waals surface area contributed by atoms with Gasteiger partial charge in [0, 0.05) is 6.42 Å². The van der Waals surface area contributed by atoms with Gasteiger partial charge < -0.3 is 32.3 Å². The van der Waals surface area contributed by atoms with E-state index in [0.29, 0.717) is 19.4 Å². The molecule has 156 valence electrons. The minimum Gasteiger partial charge on any atom is -0.480 e. The number of aliphatic hydroxyl groups excluding tert-OH is 1. The van der Waals surface area contributed by atoms with Gasteiger partial charge in [0.25, 0.3) is 0 Å². The largest absolute Gasteiger partial charge is 0.480 e. The quantitative estimate of drug-likeness (QED) is 0.250. The van der Waals surface area contributed by atoms with Crippen molar-refractivity contribution in [3.63, 3.8) is 0 Å². The van der Waals surface area contributed by atoms with Gasteiger partial charge in [0.15, 0.2) is 0 Å². The molecule has 28 heavy (non-hydrogen) atoms. The fourth-order valence-corrected chi connectivity index (χ4v) is 2.57. The Balaban J connectivity index is 2.90. The minimum atomic E-state index is -1.20. The van der Waals surface area contributed by atoms with Crippen LogP contribution in [0.25, 0.3) is 0 Å². The van der Waals surface area contributed by atoms with Crippen molar-refractivity contribution in [1.29, 1.82) is 0 Å². The molecule has 2 amide bonds. The molecule has 0 aliphatic carbocycles. The highest BCUT2D eigenvalue weighted by atomic mass is 16.4. The number of hydrogen-bond donors (Lipinski definition) is 6. The number of benzene rings is 1. The van der Waals surface area contributed by atoms with Crippen LogP contribution in [-0.2, 0) is 20.8 Å². The molecule has 1 aromatic carbocycles. The number of amides is 2. The Hall–Kier alpha value is -2.49. The summed E-state index contributed by atoms with van der Waals surface area (Å²) < 4.78 is 0. The van der Waals surface area contributed by atoms with E-state index >= 15 is 0 Å². The lowest BCUT2D eigenvalue weighted by atomic mass is 10.0. The zero-order valence-corrected chi connectivity index (χ0v) is 16.0. The van der Waals surface area contributed by atoms with E-state index < -0.39 is 42.0 Å². The highest BCUT2D eigenvalue weighted by Gasteiger charge is 2.29. The van der Waals surface area contributed by atoms with Crippen molar-refractivity contribution in [3.8, 4) is 0 Å². The molecule has 0 aromatic heterocycles. The molecule has 0 heterocycles. The van der Waals surface area contributed by atoms with Gasteiger partial charge >= 0.3 is 5.97 Å². The number of aliphatic hydroxyl groups is 1. The average Bonchev–Trinajstić information content (AvgIpc) is 2.66. The van der Waals surface area contributed by atoms with Crippen molar-refractivity contribution in [3.05, 3.63) is 35.9 Å². The lowest BCUT2D eigenvalue weighted by Gasteiger charge is -2.23. The predicted molar refractivity (Wildman–Crippen MR) is 104 cm³/mol. The second kappa shape index (κ2) is 12.1. The smallest absolute Gasteiger partial charge is 0.326 e. The van der Waals surface area contributed by atoms with Crippen LogP contribution >= 0.6 is 0 Å². The first-order valence-electron chi connectivity index (χ1n) is 9.27. The van der Waals surface area contributed by atoms with Crippen LogP contribution in [0.1, 0.15) is 31.7 Å². The lowest BCUT2D eigenvalue weighted by molar-refractivity contribution is -0.142. The Morgan fingerprint density at radius 1 is 1.04 bits per heavy atom. The number of rotatable bonds is 12. The van der Waals surface area contributed by atoms with Gasteiger partial charge in [-0.15, -0.1) is 0 Å². The summed E-state index contributed by atoms with van der Waals surface area (Å²) in [5.74, 6) is -2.48. The third kappa shape index (κ3) is 8.03. The number of nitrogens with two attached hydrogens (primary N) is 2. The molecule has 0 aliphatic rings. The third-order valence-electron chi connectivity index (χ3n) is 4.30. The normalized spacial score (nSPS) is 15.1. The molecule has 0 aliphatic heterocycles. The predicted octanol–water partition coefficient (Wildman–Crippen LogP) is -0.880. The van der Waals surface area contributed by atoms with Crippen LogP contribution in [0.4, 0.5) is 0 Å². The van der Waals surface area contributed by atoms with Crippen LogP contribution in [0.2, 0.25) is 0 Å². The van der Waals surface area contributed by atoms with Gasteiger partial charge in [-0.25, -0.2) is 4.79 Å². The van der Waals surface area contributed by atoms with Crippen LogP contribution in [0.15, 0.2) is 30.3 Å². The fourth-order valence-electron chi connectivity index (χ4n) is 2.57. The second-order valence-corrected chi connectivity index (χ2v) is 6.70. The average molecular weight is 394 g/mol. The number of hydrogen-bond acceptors (Lipinski definition) is 6. The fraction of sp³-hybridized carbons (Fsp3) is 0.526. The van der Waals surface area contributed by atoms with E-state index in [1.807, 2.05) is 6.07 Å². The summed E-state index contributed by atoms with van der Waals surface area (Å²) in [5.41, 5.74) is 11.8. The molecule has 0 radical (unpaired) electrons. The van der Waals surface area contributed by atoms with E-state index in [1.54, 1.807) is 24.3 Å². The number of carbonyl (C=O) groups excluding carboxylic acids is 2. The number of aliphatic carboxylic acids is 1. The molecular weight excluding hydrogens is 364 g/mol. The van der Waals surface area contributed by atoms with Crippen molar-refractivity contribution in [2.24, 2.45) is 11.5 Å². The summed E-state index contributed by atoms with van der Waals surface area (Å²) in [7, 11) is 0. The standard InChI is InChI=1S/C19H30N4O5/c1-12(24)16(21)18(26)23-15(11-13-7-3-2-4-8-13)17(25)22-14(19(27)28)9-5-6-10-20/h2-4,7-8,12,14-16,24H,5-6,9-11,20-21H2,1H3,(H,22,25)(H,23,26)(H,27,28)/t12-,14+,15+,16+/m1/s1. The number of unbranched alkanes of at least 4 members (excludes halogenated alkanes) is 1. The molecule has 0 unspecified atom stereocenters. The van der Waals surface area contributed by atoms with Gasteiger partial charge in [-0.2, -0.15) is 0 Å². The van der Waals surface area contributed by atoms with Crippen LogP contribution in [0.3, 0.4) is 0 Å². The lowest BCUT2D eigenvalue weighted by Crippen LogP contribution is -2.56.